The molecule has 4 heteroatoms. The second-order valence-electron chi connectivity index (χ2n) is 4.96. The second kappa shape index (κ2) is 5.25. The first-order chi connectivity index (χ1) is 10.1. The van der Waals surface area contributed by atoms with Crippen LogP contribution in [0.25, 0.3) is 10.9 Å². The minimum Gasteiger partial charge on any atom is -0.399 e. The zero-order valence-corrected chi connectivity index (χ0v) is 11.6. The molecule has 104 valence electrons. The number of carbonyl (C=O) groups excluding carboxylic acids is 1. The van der Waals surface area contributed by atoms with Crippen LogP contribution in [0.15, 0.2) is 54.7 Å². The number of nitrogens with two attached hydrogens (primary N) is 1. The number of aromatic nitrogens is 1. The number of carbonyl (C=O) groups is 1. The summed E-state index contributed by atoms with van der Waals surface area (Å²) in [5, 5.41) is 3.83. The molecule has 0 saturated carbocycles. The van der Waals surface area contributed by atoms with Crippen molar-refractivity contribution < 1.29 is 4.79 Å². The Balaban J connectivity index is 1.96. The molecule has 4 nitrogen and oxygen atoms in total. The number of aryl methyl sites for hydroxylation is 1. The third-order valence-corrected chi connectivity index (χ3v) is 3.26. The fourth-order valence-corrected chi connectivity index (χ4v) is 2.35. The number of nitrogens with zero attached hydrogens (tertiary/aromatic N) is 1. The summed E-state index contributed by atoms with van der Waals surface area (Å²) in [5.74, 6) is -0.179. The molecule has 0 saturated heterocycles. The first-order valence-electron chi connectivity index (χ1n) is 6.66. The van der Waals surface area contributed by atoms with Crippen molar-refractivity contribution in [3.63, 3.8) is 0 Å². The van der Waals surface area contributed by atoms with Gasteiger partial charge in [0.2, 0.25) is 0 Å². The van der Waals surface area contributed by atoms with Crippen molar-refractivity contribution in [2.24, 2.45) is 0 Å². The molecule has 0 fully saturated rings. The molecule has 0 radical (unpaired) electrons. The van der Waals surface area contributed by atoms with Crippen molar-refractivity contribution in [3.05, 3.63) is 65.9 Å². The fraction of sp³-hybridized carbons (Fsp3) is 0.0588. The van der Waals surface area contributed by atoms with E-state index in [0.29, 0.717) is 11.3 Å². The first-order valence-corrected chi connectivity index (χ1v) is 6.66. The highest BCUT2D eigenvalue weighted by atomic mass is 16.1. The molecule has 1 aromatic heterocycles. The zero-order valence-electron chi connectivity index (χ0n) is 11.6. The number of hydrogen-bond acceptors (Lipinski definition) is 3. The highest BCUT2D eigenvalue weighted by Crippen LogP contribution is 2.22. The Morgan fingerprint density at radius 2 is 2.00 bits per heavy atom. The van der Waals surface area contributed by atoms with Gasteiger partial charge in [-0.1, -0.05) is 6.07 Å². The Bertz CT molecular complexity index is 802. The molecule has 0 aliphatic heterocycles. The number of hydrogen-bond donors (Lipinski definition) is 2. The molecule has 3 aromatic rings. The van der Waals surface area contributed by atoms with E-state index in [1.54, 1.807) is 12.3 Å². The van der Waals surface area contributed by atoms with Crippen LogP contribution in [0.5, 0.6) is 0 Å². The van der Waals surface area contributed by atoms with E-state index in [2.05, 4.69) is 10.3 Å². The van der Waals surface area contributed by atoms with Crippen molar-refractivity contribution in [2.45, 2.75) is 6.92 Å². The molecule has 0 bridgehead atoms. The van der Waals surface area contributed by atoms with Crippen molar-refractivity contribution in [1.29, 1.82) is 0 Å². The van der Waals surface area contributed by atoms with Gasteiger partial charge in [-0.05, 0) is 55.0 Å². The maximum atomic E-state index is 12.4. The number of rotatable bonds is 2. The van der Waals surface area contributed by atoms with Crippen molar-refractivity contribution >= 4 is 28.2 Å². The number of pyridine rings is 1. The number of nitrogens with one attached hydrogen (secondary N) is 1. The number of benzene rings is 2. The third-order valence-electron chi connectivity index (χ3n) is 3.26. The minimum absolute atomic E-state index is 0.179. The third kappa shape index (κ3) is 2.69. The molecule has 21 heavy (non-hydrogen) atoms. The summed E-state index contributed by atoms with van der Waals surface area (Å²) in [6.07, 6.45) is 1.73. The van der Waals surface area contributed by atoms with E-state index in [1.165, 1.54) is 0 Å². The van der Waals surface area contributed by atoms with Gasteiger partial charge in [-0.15, -0.1) is 0 Å². The quantitative estimate of drug-likeness (QED) is 0.706. The van der Waals surface area contributed by atoms with Crippen LogP contribution in [0.4, 0.5) is 11.4 Å². The van der Waals surface area contributed by atoms with Gasteiger partial charge >= 0.3 is 0 Å². The van der Waals surface area contributed by atoms with Crippen LogP contribution in [0.1, 0.15) is 15.9 Å². The standard InChI is InChI=1S/C17H15N3O/c1-11-8-12(10-13(18)9-11)17(21)20-16-6-2-5-15-14(16)4-3-7-19-15/h2-10H,18H2,1H3,(H,20,21). The van der Waals surface area contributed by atoms with E-state index < -0.39 is 0 Å². The van der Waals surface area contributed by atoms with Crippen molar-refractivity contribution in [1.82, 2.24) is 4.98 Å². The SMILES string of the molecule is Cc1cc(N)cc(C(=O)Nc2cccc3ncccc23)c1. The molecule has 1 heterocycles. The van der Waals surface area contributed by atoms with E-state index >= 15 is 0 Å². The van der Waals surface area contributed by atoms with E-state index in [1.807, 2.05) is 49.4 Å². The molecule has 1 amide bonds. The van der Waals surface area contributed by atoms with Crippen LogP contribution in [-0.4, -0.2) is 10.9 Å². The second-order valence-corrected chi connectivity index (χ2v) is 4.96. The molecule has 0 unspecified atom stereocenters. The van der Waals surface area contributed by atoms with E-state index in [4.69, 9.17) is 5.73 Å². The predicted molar refractivity (Wildman–Crippen MR) is 85.3 cm³/mol. The Morgan fingerprint density at radius 1 is 1.14 bits per heavy atom. The largest absolute Gasteiger partial charge is 0.399 e. The highest BCUT2D eigenvalue weighted by molar-refractivity contribution is 6.09. The maximum Gasteiger partial charge on any atom is 0.255 e. The Labute approximate surface area is 122 Å². The normalized spacial score (nSPS) is 10.5. The van der Waals surface area contributed by atoms with Crippen LogP contribution in [0.2, 0.25) is 0 Å². The number of anilines is 2. The summed E-state index contributed by atoms with van der Waals surface area (Å²) >= 11 is 0. The lowest BCUT2D eigenvalue weighted by Crippen LogP contribution is -2.12. The van der Waals surface area contributed by atoms with Gasteiger partial charge < -0.3 is 11.1 Å². The molecular weight excluding hydrogens is 262 g/mol. The lowest BCUT2D eigenvalue weighted by Gasteiger charge is -2.09. The van der Waals surface area contributed by atoms with E-state index in [-0.39, 0.29) is 5.91 Å². The zero-order chi connectivity index (χ0) is 14.8. The summed E-state index contributed by atoms with van der Waals surface area (Å²) in [5.41, 5.74) is 9.47. The number of fused-ring (bicyclic) bond motifs is 1. The predicted octanol–water partition coefficient (Wildman–Crippen LogP) is 3.38. The van der Waals surface area contributed by atoms with Crippen LogP contribution in [-0.2, 0) is 0 Å². The molecule has 0 aliphatic carbocycles. The van der Waals surface area contributed by atoms with Gasteiger partial charge in [0.25, 0.3) is 5.91 Å². The lowest BCUT2D eigenvalue weighted by molar-refractivity contribution is 0.102. The summed E-state index contributed by atoms with van der Waals surface area (Å²) in [6, 6.07) is 14.7. The smallest absolute Gasteiger partial charge is 0.255 e. The molecule has 0 aliphatic rings. The van der Waals surface area contributed by atoms with Gasteiger partial charge in [-0.25, -0.2) is 0 Å². The lowest BCUT2D eigenvalue weighted by atomic mass is 10.1. The molecule has 0 atom stereocenters. The average Bonchev–Trinajstić information content (AvgIpc) is 2.46. The molecule has 2 aromatic carbocycles. The van der Waals surface area contributed by atoms with Gasteiger partial charge in [0.05, 0.1) is 11.2 Å². The average molecular weight is 277 g/mol. The Morgan fingerprint density at radius 3 is 2.81 bits per heavy atom. The summed E-state index contributed by atoms with van der Waals surface area (Å²) in [7, 11) is 0. The topological polar surface area (TPSA) is 68.0 Å². The summed E-state index contributed by atoms with van der Waals surface area (Å²) in [6.45, 7) is 1.91. The van der Waals surface area contributed by atoms with Crippen LogP contribution in [0.3, 0.4) is 0 Å². The van der Waals surface area contributed by atoms with Gasteiger partial charge in [0.15, 0.2) is 0 Å². The molecule has 0 spiro atoms. The summed E-state index contributed by atoms with van der Waals surface area (Å²) < 4.78 is 0. The van der Waals surface area contributed by atoms with Crippen LogP contribution in [0, 0.1) is 6.92 Å². The van der Waals surface area contributed by atoms with Gasteiger partial charge in [-0.3, -0.25) is 9.78 Å². The van der Waals surface area contributed by atoms with Gasteiger partial charge in [-0.2, -0.15) is 0 Å². The van der Waals surface area contributed by atoms with Crippen molar-refractivity contribution in [2.75, 3.05) is 11.1 Å². The summed E-state index contributed by atoms with van der Waals surface area (Å²) in [4.78, 5) is 16.7. The van der Waals surface area contributed by atoms with E-state index in [9.17, 15) is 4.79 Å². The Hall–Kier alpha value is -2.88. The highest BCUT2D eigenvalue weighted by Gasteiger charge is 2.09. The number of amides is 1. The monoisotopic (exact) mass is 277 g/mol. The maximum absolute atomic E-state index is 12.4. The van der Waals surface area contributed by atoms with Crippen molar-refractivity contribution in [3.8, 4) is 0 Å². The number of nitrogen functional groups attached to an aromatic ring is 1. The first kappa shape index (κ1) is 13.1. The molecule has 3 rings (SSSR count). The van der Waals surface area contributed by atoms with Gasteiger partial charge in [0, 0.05) is 22.8 Å². The fourth-order valence-electron chi connectivity index (χ4n) is 2.35. The molecular formula is C17H15N3O. The van der Waals surface area contributed by atoms with Crippen LogP contribution >= 0.6 is 0 Å². The Kier molecular flexibility index (Phi) is 3.28. The van der Waals surface area contributed by atoms with Gasteiger partial charge in [0.1, 0.15) is 0 Å². The minimum atomic E-state index is -0.179. The van der Waals surface area contributed by atoms with Crippen LogP contribution < -0.4 is 11.1 Å². The van der Waals surface area contributed by atoms with E-state index in [0.717, 1.165) is 22.2 Å². The molecule has 3 N–H and O–H groups in total.